The third kappa shape index (κ3) is 2.49. The molecule has 2 aromatic heterocycles. The number of aromatic nitrogens is 2. The Morgan fingerprint density at radius 3 is 2.84 bits per heavy atom. The first-order chi connectivity index (χ1) is 9.33. The van der Waals surface area contributed by atoms with Gasteiger partial charge in [0.15, 0.2) is 0 Å². The van der Waals surface area contributed by atoms with Crippen LogP contribution in [0.3, 0.4) is 0 Å². The molecule has 0 atom stereocenters. The number of hydrogen-bond donors (Lipinski definition) is 1. The number of nitrogens with one attached hydrogen (secondary N) is 1. The largest absolute Gasteiger partial charge is 0.467 e. The lowest BCUT2D eigenvalue weighted by atomic mass is 10.1. The van der Waals surface area contributed by atoms with Crippen LogP contribution in [0.25, 0.3) is 11.5 Å². The average Bonchev–Trinajstić information content (AvgIpc) is 3.10. The van der Waals surface area contributed by atoms with Gasteiger partial charge in [-0.3, -0.25) is 0 Å². The van der Waals surface area contributed by atoms with Gasteiger partial charge in [0.25, 0.3) is 0 Å². The Morgan fingerprint density at radius 2 is 2.16 bits per heavy atom. The Kier molecular flexibility index (Phi) is 3.02. The third-order valence-electron chi connectivity index (χ3n) is 2.87. The van der Waals surface area contributed by atoms with E-state index in [2.05, 4.69) is 15.5 Å². The highest BCUT2D eigenvalue weighted by molar-refractivity contribution is 5.62. The van der Waals surface area contributed by atoms with Gasteiger partial charge < -0.3 is 14.2 Å². The lowest BCUT2D eigenvalue weighted by molar-refractivity contribution is 0.518. The highest BCUT2D eigenvalue weighted by atomic mass is 16.4. The van der Waals surface area contributed by atoms with E-state index in [0.717, 1.165) is 22.6 Å². The van der Waals surface area contributed by atoms with E-state index < -0.39 is 0 Å². The Morgan fingerprint density at radius 1 is 1.21 bits per heavy atom. The molecule has 0 amide bonds. The highest BCUT2D eigenvalue weighted by Gasteiger charge is 2.06. The normalized spacial score (nSPS) is 10.6. The zero-order chi connectivity index (χ0) is 13.1. The molecule has 19 heavy (non-hydrogen) atoms. The minimum absolute atomic E-state index is 0.528. The second kappa shape index (κ2) is 4.97. The molecule has 0 bridgehead atoms. The van der Waals surface area contributed by atoms with E-state index in [1.54, 1.807) is 6.26 Å². The first kappa shape index (κ1) is 11.5. The molecule has 0 aliphatic heterocycles. The van der Waals surface area contributed by atoms with Crippen LogP contribution in [0.1, 0.15) is 11.3 Å². The van der Waals surface area contributed by atoms with E-state index in [0.29, 0.717) is 12.4 Å². The maximum Gasteiger partial charge on any atom is 0.247 e. The molecule has 0 spiro atoms. The average molecular weight is 255 g/mol. The van der Waals surface area contributed by atoms with Crippen LogP contribution in [0.2, 0.25) is 0 Å². The van der Waals surface area contributed by atoms with Gasteiger partial charge in [0.2, 0.25) is 12.3 Å². The summed E-state index contributed by atoms with van der Waals surface area (Å²) in [7, 11) is 0. The van der Waals surface area contributed by atoms with E-state index in [4.69, 9.17) is 8.83 Å². The van der Waals surface area contributed by atoms with Gasteiger partial charge in [0.1, 0.15) is 5.76 Å². The summed E-state index contributed by atoms with van der Waals surface area (Å²) < 4.78 is 10.5. The topological polar surface area (TPSA) is 64.1 Å². The lowest BCUT2D eigenvalue weighted by Crippen LogP contribution is -2.00. The Bertz CT molecular complexity index is 645. The van der Waals surface area contributed by atoms with E-state index >= 15 is 0 Å². The molecule has 3 aromatic rings. The van der Waals surface area contributed by atoms with Crippen LogP contribution >= 0.6 is 0 Å². The zero-order valence-electron chi connectivity index (χ0n) is 10.5. The molecule has 0 radical (unpaired) electrons. The fraction of sp³-hybridized carbons (Fsp3) is 0.143. The summed E-state index contributed by atoms with van der Waals surface area (Å²) in [5.74, 6) is 1.43. The second-order valence-electron chi connectivity index (χ2n) is 4.21. The standard InChI is InChI=1S/C14H13N3O2/c1-10-7-11(14-17-16-9-19-14)4-5-13(10)15-8-12-3-2-6-18-12/h2-7,9,15H,8H2,1H3. The van der Waals surface area contributed by atoms with Crippen molar-refractivity contribution in [2.75, 3.05) is 5.32 Å². The molecule has 0 saturated heterocycles. The van der Waals surface area contributed by atoms with Crippen LogP contribution in [-0.2, 0) is 6.54 Å². The molecular weight excluding hydrogens is 242 g/mol. The fourth-order valence-corrected chi connectivity index (χ4v) is 1.89. The molecule has 5 nitrogen and oxygen atoms in total. The summed E-state index contributed by atoms with van der Waals surface area (Å²) in [6.45, 7) is 2.69. The molecule has 0 unspecified atom stereocenters. The number of benzene rings is 1. The number of anilines is 1. The van der Waals surface area contributed by atoms with Gasteiger partial charge in [-0.25, -0.2) is 0 Å². The van der Waals surface area contributed by atoms with Crippen molar-refractivity contribution in [3.8, 4) is 11.5 Å². The molecule has 0 aliphatic carbocycles. The van der Waals surface area contributed by atoms with Crippen LogP contribution in [0.5, 0.6) is 0 Å². The molecular formula is C14H13N3O2. The van der Waals surface area contributed by atoms with Crippen molar-refractivity contribution >= 4 is 5.69 Å². The van der Waals surface area contributed by atoms with Gasteiger partial charge in [-0.1, -0.05) is 0 Å². The predicted octanol–water partition coefficient (Wildman–Crippen LogP) is 3.25. The van der Waals surface area contributed by atoms with Crippen LogP contribution in [-0.4, -0.2) is 10.2 Å². The summed E-state index contributed by atoms with van der Waals surface area (Å²) >= 11 is 0. The summed E-state index contributed by atoms with van der Waals surface area (Å²) in [4.78, 5) is 0. The Balaban J connectivity index is 1.76. The van der Waals surface area contributed by atoms with E-state index in [1.807, 2.05) is 37.3 Å². The minimum atomic E-state index is 0.528. The van der Waals surface area contributed by atoms with E-state index in [9.17, 15) is 0 Å². The Labute approximate surface area is 110 Å². The molecule has 0 saturated carbocycles. The molecule has 1 N–H and O–H groups in total. The fourth-order valence-electron chi connectivity index (χ4n) is 1.89. The van der Waals surface area contributed by atoms with Crippen molar-refractivity contribution in [2.24, 2.45) is 0 Å². The van der Waals surface area contributed by atoms with E-state index in [-0.39, 0.29) is 0 Å². The third-order valence-corrected chi connectivity index (χ3v) is 2.87. The predicted molar refractivity (Wildman–Crippen MR) is 70.5 cm³/mol. The van der Waals surface area contributed by atoms with Gasteiger partial charge in [0.05, 0.1) is 12.8 Å². The van der Waals surface area contributed by atoms with Crippen molar-refractivity contribution < 1.29 is 8.83 Å². The van der Waals surface area contributed by atoms with Gasteiger partial charge in [-0.2, -0.15) is 0 Å². The van der Waals surface area contributed by atoms with Crippen molar-refractivity contribution in [3.63, 3.8) is 0 Å². The zero-order valence-corrected chi connectivity index (χ0v) is 10.5. The van der Waals surface area contributed by atoms with Crippen molar-refractivity contribution in [2.45, 2.75) is 13.5 Å². The van der Waals surface area contributed by atoms with Gasteiger partial charge in [-0.15, -0.1) is 10.2 Å². The maximum absolute atomic E-state index is 5.28. The first-order valence-corrected chi connectivity index (χ1v) is 5.96. The second-order valence-corrected chi connectivity index (χ2v) is 4.21. The minimum Gasteiger partial charge on any atom is -0.467 e. The quantitative estimate of drug-likeness (QED) is 0.775. The number of rotatable bonds is 4. The summed E-state index contributed by atoms with van der Waals surface area (Å²) in [5, 5.41) is 10.9. The molecule has 0 aliphatic rings. The van der Waals surface area contributed by atoms with Crippen molar-refractivity contribution in [3.05, 3.63) is 54.3 Å². The summed E-state index contributed by atoms with van der Waals surface area (Å²) in [6, 6.07) is 9.78. The number of furan rings is 1. The van der Waals surface area contributed by atoms with Gasteiger partial charge in [-0.05, 0) is 42.8 Å². The molecule has 3 rings (SSSR count). The van der Waals surface area contributed by atoms with Gasteiger partial charge >= 0.3 is 0 Å². The molecule has 96 valence electrons. The summed E-state index contributed by atoms with van der Waals surface area (Å²) in [5.41, 5.74) is 3.08. The molecule has 2 heterocycles. The number of aryl methyl sites for hydroxylation is 1. The van der Waals surface area contributed by atoms with Crippen LogP contribution < -0.4 is 5.32 Å². The molecule has 1 aromatic carbocycles. The van der Waals surface area contributed by atoms with Crippen molar-refractivity contribution in [1.29, 1.82) is 0 Å². The Hall–Kier alpha value is -2.56. The first-order valence-electron chi connectivity index (χ1n) is 5.96. The van der Waals surface area contributed by atoms with Gasteiger partial charge in [0, 0.05) is 11.3 Å². The molecule has 0 fully saturated rings. The number of nitrogens with zero attached hydrogens (tertiary/aromatic N) is 2. The van der Waals surface area contributed by atoms with E-state index in [1.165, 1.54) is 6.39 Å². The summed E-state index contributed by atoms with van der Waals surface area (Å²) in [6.07, 6.45) is 3.00. The number of hydrogen-bond acceptors (Lipinski definition) is 5. The highest BCUT2D eigenvalue weighted by Crippen LogP contribution is 2.23. The smallest absolute Gasteiger partial charge is 0.247 e. The van der Waals surface area contributed by atoms with Crippen LogP contribution in [0, 0.1) is 6.92 Å². The SMILES string of the molecule is Cc1cc(-c2nnco2)ccc1NCc1ccco1. The lowest BCUT2D eigenvalue weighted by Gasteiger charge is -2.09. The van der Waals surface area contributed by atoms with Crippen molar-refractivity contribution in [1.82, 2.24) is 10.2 Å². The molecule has 5 heteroatoms. The monoisotopic (exact) mass is 255 g/mol. The van der Waals surface area contributed by atoms with Crippen LogP contribution in [0.15, 0.2) is 51.8 Å². The van der Waals surface area contributed by atoms with Crippen LogP contribution in [0.4, 0.5) is 5.69 Å². The maximum atomic E-state index is 5.28.